The lowest BCUT2D eigenvalue weighted by Crippen LogP contribution is -2.13. The summed E-state index contributed by atoms with van der Waals surface area (Å²) in [6.45, 7) is 1.89. The molecule has 0 unspecified atom stereocenters. The molecule has 1 N–H and O–H groups in total. The highest BCUT2D eigenvalue weighted by molar-refractivity contribution is 5.26. The lowest BCUT2D eigenvalue weighted by molar-refractivity contribution is 0.129. The zero-order valence-corrected chi connectivity index (χ0v) is 12.5. The van der Waals surface area contributed by atoms with Crippen LogP contribution in [0.15, 0.2) is 71.3 Å². The van der Waals surface area contributed by atoms with E-state index in [1.807, 2.05) is 61.5 Å². The van der Waals surface area contributed by atoms with E-state index < -0.39 is 6.10 Å². The van der Waals surface area contributed by atoms with Gasteiger partial charge >= 0.3 is 0 Å². The van der Waals surface area contributed by atoms with Gasteiger partial charge in [-0.05, 0) is 24.5 Å². The first kappa shape index (κ1) is 14.5. The average molecular weight is 293 g/mol. The molecule has 2 atom stereocenters. The van der Waals surface area contributed by atoms with Crippen molar-refractivity contribution in [3.8, 4) is 0 Å². The second-order valence-corrected chi connectivity index (χ2v) is 5.52. The number of hydrogen-bond donors (Lipinski definition) is 1. The molecule has 3 heteroatoms. The summed E-state index contributed by atoms with van der Waals surface area (Å²) in [5.74, 6) is 0.559. The number of aromatic nitrogens is 1. The van der Waals surface area contributed by atoms with Gasteiger partial charge in [0.05, 0.1) is 17.7 Å². The topological polar surface area (TPSA) is 46.3 Å². The number of aryl methyl sites for hydroxylation is 1. The van der Waals surface area contributed by atoms with E-state index in [1.165, 1.54) is 0 Å². The first-order valence-electron chi connectivity index (χ1n) is 7.44. The summed E-state index contributed by atoms with van der Waals surface area (Å²) in [5.41, 5.74) is 2.88. The molecule has 3 nitrogen and oxygen atoms in total. The minimum absolute atomic E-state index is 0.161. The molecule has 1 heterocycles. The van der Waals surface area contributed by atoms with Crippen LogP contribution in [0.1, 0.15) is 34.6 Å². The van der Waals surface area contributed by atoms with E-state index in [4.69, 9.17) is 4.52 Å². The molecular formula is C19H19NO2. The quantitative estimate of drug-likeness (QED) is 0.772. The van der Waals surface area contributed by atoms with Gasteiger partial charge in [-0.2, -0.15) is 0 Å². The molecule has 0 aliphatic carbocycles. The number of aliphatic hydroxyl groups excluding tert-OH is 1. The molecule has 0 fully saturated rings. The Morgan fingerprint density at radius 2 is 1.64 bits per heavy atom. The Kier molecular flexibility index (Phi) is 4.35. The molecule has 0 amide bonds. The van der Waals surface area contributed by atoms with Gasteiger partial charge in [-0.15, -0.1) is 0 Å². The number of aliphatic hydroxyl groups is 1. The predicted molar refractivity (Wildman–Crippen MR) is 85.5 cm³/mol. The Labute approximate surface area is 130 Å². The van der Waals surface area contributed by atoms with Gasteiger partial charge < -0.3 is 9.63 Å². The monoisotopic (exact) mass is 293 g/mol. The van der Waals surface area contributed by atoms with Gasteiger partial charge in [0.1, 0.15) is 5.76 Å². The van der Waals surface area contributed by atoms with Crippen LogP contribution < -0.4 is 0 Å². The Bertz CT molecular complexity index is 707. The molecule has 3 rings (SSSR count). The van der Waals surface area contributed by atoms with Crippen molar-refractivity contribution in [1.29, 1.82) is 0 Å². The van der Waals surface area contributed by atoms with Gasteiger partial charge in [-0.1, -0.05) is 65.8 Å². The Morgan fingerprint density at radius 3 is 2.23 bits per heavy atom. The van der Waals surface area contributed by atoms with Crippen LogP contribution in [0.25, 0.3) is 0 Å². The first-order chi connectivity index (χ1) is 10.7. The molecule has 2 aromatic carbocycles. The number of hydrogen-bond acceptors (Lipinski definition) is 3. The maximum atomic E-state index is 10.8. The molecule has 0 saturated carbocycles. The van der Waals surface area contributed by atoms with E-state index in [9.17, 15) is 5.11 Å². The SMILES string of the molecule is Cc1cc([C@H](Cc2ccccc2)[C@@H](O)c2ccccc2)on1. The molecule has 0 aliphatic heterocycles. The normalized spacial score (nSPS) is 13.7. The van der Waals surface area contributed by atoms with Crippen LogP contribution >= 0.6 is 0 Å². The van der Waals surface area contributed by atoms with Crippen molar-refractivity contribution in [2.24, 2.45) is 0 Å². The second kappa shape index (κ2) is 6.58. The largest absolute Gasteiger partial charge is 0.388 e. The van der Waals surface area contributed by atoms with Crippen molar-refractivity contribution >= 4 is 0 Å². The average Bonchev–Trinajstić information content (AvgIpc) is 3.00. The van der Waals surface area contributed by atoms with Crippen molar-refractivity contribution < 1.29 is 9.63 Å². The molecule has 1 aromatic heterocycles. The highest BCUT2D eigenvalue weighted by Crippen LogP contribution is 2.34. The van der Waals surface area contributed by atoms with Crippen molar-refractivity contribution in [1.82, 2.24) is 5.16 Å². The summed E-state index contributed by atoms with van der Waals surface area (Å²) in [5, 5.41) is 14.8. The zero-order valence-electron chi connectivity index (χ0n) is 12.5. The van der Waals surface area contributed by atoms with Gasteiger partial charge in [0.15, 0.2) is 0 Å². The minimum atomic E-state index is -0.631. The zero-order chi connectivity index (χ0) is 15.4. The van der Waals surface area contributed by atoms with Crippen LogP contribution in [0.4, 0.5) is 0 Å². The molecule has 22 heavy (non-hydrogen) atoms. The minimum Gasteiger partial charge on any atom is -0.388 e. The van der Waals surface area contributed by atoms with Crippen LogP contribution in [0.3, 0.4) is 0 Å². The summed E-state index contributed by atoms with van der Waals surface area (Å²) in [6, 6.07) is 21.7. The van der Waals surface area contributed by atoms with Gasteiger partial charge in [0, 0.05) is 6.07 Å². The fourth-order valence-corrected chi connectivity index (χ4v) is 2.68. The maximum Gasteiger partial charge on any atom is 0.143 e. The summed E-state index contributed by atoms with van der Waals surface area (Å²) in [6.07, 6.45) is 0.0692. The Morgan fingerprint density at radius 1 is 1.00 bits per heavy atom. The van der Waals surface area contributed by atoms with E-state index in [1.54, 1.807) is 0 Å². The van der Waals surface area contributed by atoms with Crippen molar-refractivity contribution in [2.75, 3.05) is 0 Å². The summed E-state index contributed by atoms with van der Waals surface area (Å²) < 4.78 is 5.43. The Balaban J connectivity index is 1.92. The molecule has 112 valence electrons. The molecule has 0 saturated heterocycles. The third-order valence-corrected chi connectivity index (χ3v) is 3.83. The van der Waals surface area contributed by atoms with E-state index in [2.05, 4.69) is 17.3 Å². The van der Waals surface area contributed by atoms with Crippen molar-refractivity contribution in [3.05, 3.63) is 89.3 Å². The van der Waals surface area contributed by atoms with Crippen LogP contribution in [-0.4, -0.2) is 10.3 Å². The molecule has 0 bridgehead atoms. The highest BCUT2D eigenvalue weighted by atomic mass is 16.5. The van der Waals surface area contributed by atoms with Gasteiger partial charge in [0.2, 0.25) is 0 Å². The number of rotatable bonds is 5. The van der Waals surface area contributed by atoms with Crippen LogP contribution in [-0.2, 0) is 6.42 Å². The van der Waals surface area contributed by atoms with E-state index in [0.29, 0.717) is 6.42 Å². The molecule has 0 aliphatic rings. The summed E-state index contributed by atoms with van der Waals surface area (Å²) in [4.78, 5) is 0. The number of nitrogens with zero attached hydrogens (tertiary/aromatic N) is 1. The van der Waals surface area contributed by atoms with Gasteiger partial charge in [-0.3, -0.25) is 0 Å². The molecule has 3 aromatic rings. The highest BCUT2D eigenvalue weighted by Gasteiger charge is 2.26. The van der Waals surface area contributed by atoms with Gasteiger partial charge in [0.25, 0.3) is 0 Å². The second-order valence-electron chi connectivity index (χ2n) is 5.52. The lowest BCUT2D eigenvalue weighted by atomic mass is 9.88. The van der Waals surface area contributed by atoms with Crippen molar-refractivity contribution in [2.45, 2.75) is 25.4 Å². The molecule has 0 spiro atoms. The van der Waals surface area contributed by atoms with E-state index in [-0.39, 0.29) is 5.92 Å². The first-order valence-corrected chi connectivity index (χ1v) is 7.44. The summed E-state index contributed by atoms with van der Waals surface area (Å²) >= 11 is 0. The third-order valence-electron chi connectivity index (χ3n) is 3.83. The lowest BCUT2D eigenvalue weighted by Gasteiger charge is -2.21. The number of benzene rings is 2. The maximum absolute atomic E-state index is 10.8. The van der Waals surface area contributed by atoms with Crippen LogP contribution in [0.2, 0.25) is 0 Å². The van der Waals surface area contributed by atoms with Gasteiger partial charge in [-0.25, -0.2) is 0 Å². The molecule has 0 radical (unpaired) electrons. The summed E-state index contributed by atoms with van der Waals surface area (Å²) in [7, 11) is 0. The van der Waals surface area contributed by atoms with Crippen molar-refractivity contribution in [3.63, 3.8) is 0 Å². The van der Waals surface area contributed by atoms with Crippen LogP contribution in [0, 0.1) is 6.92 Å². The molecular weight excluding hydrogens is 274 g/mol. The smallest absolute Gasteiger partial charge is 0.143 e. The predicted octanol–water partition coefficient (Wildman–Crippen LogP) is 4.04. The standard InChI is InChI=1S/C19H19NO2/c1-14-12-18(22-20-14)17(13-15-8-4-2-5-9-15)19(21)16-10-6-3-7-11-16/h2-12,17,19,21H,13H2,1H3/t17-,19-/m0/s1. The van der Waals surface area contributed by atoms with Crippen LogP contribution in [0.5, 0.6) is 0 Å². The Hall–Kier alpha value is -2.39. The van der Waals surface area contributed by atoms with E-state index in [0.717, 1.165) is 22.6 Å². The fraction of sp³-hybridized carbons (Fsp3) is 0.211. The third kappa shape index (κ3) is 3.26. The fourth-order valence-electron chi connectivity index (χ4n) is 2.68. The van der Waals surface area contributed by atoms with E-state index >= 15 is 0 Å².